The lowest BCUT2D eigenvalue weighted by atomic mass is 10.0. The third kappa shape index (κ3) is 2.87. The number of aromatic nitrogens is 3. The lowest BCUT2D eigenvalue weighted by Gasteiger charge is -2.17. The van der Waals surface area contributed by atoms with E-state index in [2.05, 4.69) is 15.4 Å². The van der Waals surface area contributed by atoms with Crippen LogP contribution in [0.25, 0.3) is 0 Å². The number of hydrogen-bond donors (Lipinski definition) is 2. The molecule has 6 heteroatoms. The number of hydrogen-bond acceptors (Lipinski definition) is 4. The average molecular weight is 266 g/mol. The SMILES string of the molecule is Cn1ccnc1CCC(NN)c1ccncc1Cl. The van der Waals surface area contributed by atoms with E-state index < -0.39 is 0 Å². The van der Waals surface area contributed by atoms with Crippen molar-refractivity contribution in [3.05, 3.63) is 47.3 Å². The summed E-state index contributed by atoms with van der Waals surface area (Å²) in [7, 11) is 1.98. The highest BCUT2D eigenvalue weighted by Crippen LogP contribution is 2.24. The number of halogens is 1. The second-order valence-corrected chi connectivity index (χ2v) is 4.52. The van der Waals surface area contributed by atoms with Crippen LogP contribution in [0.5, 0.6) is 0 Å². The smallest absolute Gasteiger partial charge is 0.108 e. The van der Waals surface area contributed by atoms with Gasteiger partial charge in [-0.1, -0.05) is 11.6 Å². The second-order valence-electron chi connectivity index (χ2n) is 4.11. The zero-order chi connectivity index (χ0) is 13.0. The molecule has 0 aliphatic carbocycles. The molecule has 0 saturated heterocycles. The molecule has 0 amide bonds. The minimum atomic E-state index is -0.00259. The zero-order valence-electron chi connectivity index (χ0n) is 10.2. The van der Waals surface area contributed by atoms with Crippen molar-refractivity contribution in [3.63, 3.8) is 0 Å². The number of nitrogens with two attached hydrogens (primary N) is 1. The van der Waals surface area contributed by atoms with E-state index in [1.165, 1.54) is 0 Å². The van der Waals surface area contributed by atoms with Crippen LogP contribution in [-0.4, -0.2) is 14.5 Å². The maximum absolute atomic E-state index is 6.11. The molecule has 2 aromatic rings. The molecule has 0 aliphatic rings. The lowest BCUT2D eigenvalue weighted by Crippen LogP contribution is -2.28. The molecule has 0 aromatic carbocycles. The fourth-order valence-electron chi connectivity index (χ4n) is 1.91. The van der Waals surface area contributed by atoms with Gasteiger partial charge in [-0.25, -0.2) is 4.98 Å². The van der Waals surface area contributed by atoms with Gasteiger partial charge in [-0.3, -0.25) is 16.3 Å². The van der Waals surface area contributed by atoms with Crippen molar-refractivity contribution in [1.82, 2.24) is 20.0 Å². The number of pyridine rings is 1. The van der Waals surface area contributed by atoms with Crippen molar-refractivity contribution < 1.29 is 0 Å². The number of nitrogens with one attached hydrogen (secondary N) is 1. The summed E-state index contributed by atoms with van der Waals surface area (Å²) >= 11 is 6.11. The van der Waals surface area contributed by atoms with E-state index in [1.54, 1.807) is 18.6 Å². The molecule has 1 atom stereocenters. The van der Waals surface area contributed by atoms with Crippen LogP contribution >= 0.6 is 11.6 Å². The number of hydrazine groups is 1. The van der Waals surface area contributed by atoms with Crippen LogP contribution in [0.3, 0.4) is 0 Å². The quantitative estimate of drug-likeness (QED) is 0.637. The summed E-state index contributed by atoms with van der Waals surface area (Å²) < 4.78 is 2.00. The first-order valence-corrected chi connectivity index (χ1v) is 6.12. The van der Waals surface area contributed by atoms with E-state index >= 15 is 0 Å². The van der Waals surface area contributed by atoms with Crippen LogP contribution in [-0.2, 0) is 13.5 Å². The Morgan fingerprint density at radius 3 is 2.94 bits per heavy atom. The van der Waals surface area contributed by atoms with Crippen LogP contribution in [0.2, 0.25) is 5.02 Å². The fourth-order valence-corrected chi connectivity index (χ4v) is 2.16. The van der Waals surface area contributed by atoms with Gasteiger partial charge in [-0.2, -0.15) is 0 Å². The van der Waals surface area contributed by atoms with Gasteiger partial charge in [0.15, 0.2) is 0 Å². The first kappa shape index (κ1) is 13.0. The molecule has 18 heavy (non-hydrogen) atoms. The van der Waals surface area contributed by atoms with Crippen molar-refractivity contribution in [1.29, 1.82) is 0 Å². The van der Waals surface area contributed by atoms with Crippen molar-refractivity contribution in [2.24, 2.45) is 12.9 Å². The largest absolute Gasteiger partial charge is 0.338 e. The molecule has 0 spiro atoms. The highest BCUT2D eigenvalue weighted by atomic mass is 35.5. The maximum atomic E-state index is 6.11. The predicted molar refractivity (Wildman–Crippen MR) is 70.8 cm³/mol. The van der Waals surface area contributed by atoms with E-state index in [9.17, 15) is 0 Å². The van der Waals surface area contributed by atoms with E-state index in [4.69, 9.17) is 17.4 Å². The summed E-state index contributed by atoms with van der Waals surface area (Å²) in [4.78, 5) is 8.26. The van der Waals surface area contributed by atoms with Gasteiger partial charge in [0.1, 0.15) is 5.82 Å². The summed E-state index contributed by atoms with van der Waals surface area (Å²) in [6.45, 7) is 0. The van der Waals surface area contributed by atoms with Crippen LogP contribution in [0.4, 0.5) is 0 Å². The van der Waals surface area contributed by atoms with Crippen LogP contribution in [0.1, 0.15) is 23.9 Å². The topological polar surface area (TPSA) is 68.8 Å². The lowest BCUT2D eigenvalue weighted by molar-refractivity contribution is 0.506. The van der Waals surface area contributed by atoms with Crippen LogP contribution in [0, 0.1) is 0 Å². The summed E-state index contributed by atoms with van der Waals surface area (Å²) in [5.74, 6) is 6.62. The molecule has 0 fully saturated rings. The Morgan fingerprint density at radius 2 is 2.33 bits per heavy atom. The number of aryl methyl sites for hydroxylation is 2. The Labute approximate surface area is 111 Å². The van der Waals surface area contributed by atoms with Crippen molar-refractivity contribution in [2.75, 3.05) is 0 Å². The van der Waals surface area contributed by atoms with Crippen molar-refractivity contribution >= 4 is 11.6 Å². The molecule has 0 radical (unpaired) electrons. The second kappa shape index (κ2) is 5.95. The molecule has 0 saturated carbocycles. The minimum Gasteiger partial charge on any atom is -0.338 e. The minimum absolute atomic E-state index is 0.00259. The Bertz CT molecular complexity index is 511. The van der Waals surface area contributed by atoms with E-state index in [0.717, 1.165) is 24.2 Å². The van der Waals surface area contributed by atoms with Crippen LogP contribution in [0.15, 0.2) is 30.9 Å². The Morgan fingerprint density at radius 1 is 1.50 bits per heavy atom. The Balaban J connectivity index is 2.07. The number of imidazole rings is 1. The van der Waals surface area contributed by atoms with Crippen molar-refractivity contribution in [2.45, 2.75) is 18.9 Å². The molecule has 2 heterocycles. The summed E-state index contributed by atoms with van der Waals surface area (Å²) in [6.07, 6.45) is 8.72. The molecular weight excluding hydrogens is 250 g/mol. The highest BCUT2D eigenvalue weighted by Gasteiger charge is 2.14. The van der Waals surface area contributed by atoms with Crippen molar-refractivity contribution in [3.8, 4) is 0 Å². The van der Waals surface area contributed by atoms with Gasteiger partial charge in [0.05, 0.1) is 5.02 Å². The van der Waals surface area contributed by atoms with E-state index in [-0.39, 0.29) is 6.04 Å². The van der Waals surface area contributed by atoms with E-state index in [1.807, 2.05) is 23.9 Å². The first-order valence-electron chi connectivity index (χ1n) is 5.74. The standard InChI is InChI=1S/C12H16ClN5/c1-18-7-6-16-12(18)3-2-11(17-14)9-4-5-15-8-10(9)13/h4-8,11,17H,2-3,14H2,1H3. The molecule has 96 valence electrons. The predicted octanol–water partition coefficient (Wildman–Crippen LogP) is 1.61. The molecule has 0 aliphatic heterocycles. The highest BCUT2D eigenvalue weighted by molar-refractivity contribution is 6.31. The zero-order valence-corrected chi connectivity index (χ0v) is 10.9. The molecule has 2 aromatic heterocycles. The van der Waals surface area contributed by atoms with Gasteiger partial charge in [0, 0.05) is 44.3 Å². The van der Waals surface area contributed by atoms with Gasteiger partial charge in [0.2, 0.25) is 0 Å². The van der Waals surface area contributed by atoms with Gasteiger partial charge >= 0.3 is 0 Å². The molecule has 2 rings (SSSR count). The molecule has 5 nitrogen and oxygen atoms in total. The molecule has 0 bridgehead atoms. The van der Waals surface area contributed by atoms with Crippen LogP contribution < -0.4 is 11.3 Å². The summed E-state index contributed by atoms with van der Waals surface area (Å²) in [5.41, 5.74) is 3.75. The first-order chi connectivity index (χ1) is 8.72. The Hall–Kier alpha value is -1.43. The average Bonchev–Trinajstić information content (AvgIpc) is 2.78. The number of nitrogens with zero attached hydrogens (tertiary/aromatic N) is 3. The molecule has 1 unspecified atom stereocenters. The third-order valence-electron chi connectivity index (χ3n) is 2.96. The summed E-state index contributed by atoms with van der Waals surface area (Å²) in [5, 5.41) is 0.625. The van der Waals surface area contributed by atoms with Gasteiger partial charge in [0.25, 0.3) is 0 Å². The van der Waals surface area contributed by atoms with Gasteiger partial charge in [-0.05, 0) is 18.1 Å². The van der Waals surface area contributed by atoms with Gasteiger partial charge < -0.3 is 4.57 Å². The third-order valence-corrected chi connectivity index (χ3v) is 3.27. The van der Waals surface area contributed by atoms with Gasteiger partial charge in [-0.15, -0.1) is 0 Å². The number of rotatable bonds is 5. The summed E-state index contributed by atoms with van der Waals surface area (Å²) in [6, 6.07) is 1.88. The monoisotopic (exact) mass is 265 g/mol. The normalized spacial score (nSPS) is 12.6. The molecule has 3 N–H and O–H groups in total. The maximum Gasteiger partial charge on any atom is 0.108 e. The molecular formula is C12H16ClN5. The fraction of sp³-hybridized carbons (Fsp3) is 0.333. The van der Waals surface area contributed by atoms with E-state index in [0.29, 0.717) is 5.02 Å². The Kier molecular flexibility index (Phi) is 4.30.